The fraction of sp³-hybridized carbons (Fsp3) is 0. The van der Waals surface area contributed by atoms with Crippen LogP contribution in [0.5, 0.6) is 5.75 Å². The van der Waals surface area contributed by atoms with Gasteiger partial charge in [0.25, 0.3) is 0 Å². The minimum Gasteiger partial charge on any atom is -0.421 e. The first-order valence-corrected chi connectivity index (χ1v) is 8.19. The quantitative estimate of drug-likeness (QED) is 0.492. The summed E-state index contributed by atoms with van der Waals surface area (Å²) in [6.45, 7) is 0. The largest absolute Gasteiger partial charge is 0.421 e. The van der Waals surface area contributed by atoms with Gasteiger partial charge in [0.05, 0.1) is 11.3 Å². The summed E-state index contributed by atoms with van der Waals surface area (Å²) >= 11 is 5.82. The number of urea groups is 1. The van der Waals surface area contributed by atoms with Crippen molar-refractivity contribution in [3.8, 4) is 5.75 Å². The molecule has 0 saturated heterocycles. The lowest BCUT2D eigenvalue weighted by Gasteiger charge is -2.12. The predicted octanol–water partition coefficient (Wildman–Crippen LogP) is 5.20. The van der Waals surface area contributed by atoms with Crippen molar-refractivity contribution < 1.29 is 14.3 Å². The highest BCUT2D eigenvalue weighted by molar-refractivity contribution is 6.30. The van der Waals surface area contributed by atoms with Gasteiger partial charge < -0.3 is 15.4 Å². The average Bonchev–Trinajstić information content (AvgIpc) is 2.64. The third-order valence-corrected chi connectivity index (χ3v) is 3.70. The van der Waals surface area contributed by atoms with Crippen LogP contribution < -0.4 is 15.4 Å². The molecule has 0 saturated carbocycles. The average molecular weight is 367 g/mol. The molecular formula is C20H15ClN2O3. The van der Waals surface area contributed by atoms with E-state index in [1.165, 1.54) is 0 Å². The van der Waals surface area contributed by atoms with E-state index >= 15 is 0 Å². The molecule has 0 heterocycles. The Morgan fingerprint density at radius 1 is 0.769 bits per heavy atom. The van der Waals surface area contributed by atoms with Crippen molar-refractivity contribution in [1.29, 1.82) is 0 Å². The summed E-state index contributed by atoms with van der Waals surface area (Å²) in [5.74, 6) is -0.296. The number of hydrogen-bond donors (Lipinski definition) is 2. The molecule has 3 aromatic rings. The summed E-state index contributed by atoms with van der Waals surface area (Å²) in [5.41, 5.74) is 1.39. The van der Waals surface area contributed by atoms with Crippen molar-refractivity contribution in [3.63, 3.8) is 0 Å². The number of hydrogen-bond acceptors (Lipinski definition) is 3. The predicted molar refractivity (Wildman–Crippen MR) is 102 cm³/mol. The van der Waals surface area contributed by atoms with Crippen molar-refractivity contribution in [2.24, 2.45) is 0 Å². The molecule has 0 spiro atoms. The fourth-order valence-corrected chi connectivity index (χ4v) is 2.34. The van der Waals surface area contributed by atoms with E-state index in [2.05, 4.69) is 10.6 Å². The first kappa shape index (κ1) is 17.5. The molecule has 26 heavy (non-hydrogen) atoms. The topological polar surface area (TPSA) is 67.4 Å². The molecule has 6 heteroatoms. The summed E-state index contributed by atoms with van der Waals surface area (Å²) in [7, 11) is 0. The van der Waals surface area contributed by atoms with Crippen LogP contribution in [0.2, 0.25) is 5.02 Å². The number of benzene rings is 3. The van der Waals surface area contributed by atoms with E-state index in [1.54, 1.807) is 60.7 Å². The zero-order chi connectivity index (χ0) is 18.4. The third-order valence-electron chi connectivity index (χ3n) is 3.45. The van der Waals surface area contributed by atoms with Crippen molar-refractivity contribution in [2.75, 3.05) is 10.6 Å². The fourth-order valence-electron chi connectivity index (χ4n) is 2.21. The van der Waals surface area contributed by atoms with Gasteiger partial charge in [0, 0.05) is 10.7 Å². The van der Waals surface area contributed by atoms with Gasteiger partial charge in [-0.3, -0.25) is 0 Å². The van der Waals surface area contributed by atoms with Gasteiger partial charge in [0.1, 0.15) is 0 Å². The number of carbonyl (C=O) groups excluding carboxylic acids is 2. The molecule has 2 amide bonds. The highest BCUT2D eigenvalue weighted by Crippen LogP contribution is 2.25. The highest BCUT2D eigenvalue weighted by atomic mass is 35.5. The number of amides is 2. The second-order valence-electron chi connectivity index (χ2n) is 5.34. The smallest absolute Gasteiger partial charge is 0.343 e. The van der Waals surface area contributed by atoms with Crippen molar-refractivity contribution >= 4 is 35.0 Å². The minimum absolute atomic E-state index is 0.246. The molecule has 0 aromatic heterocycles. The molecule has 5 nitrogen and oxygen atoms in total. The normalized spacial score (nSPS) is 10.0. The molecule has 0 unspecified atom stereocenters. The maximum atomic E-state index is 12.3. The van der Waals surface area contributed by atoms with Crippen LogP contribution in [-0.2, 0) is 0 Å². The van der Waals surface area contributed by atoms with Crippen LogP contribution in [0.25, 0.3) is 0 Å². The summed E-state index contributed by atoms with van der Waals surface area (Å²) in [5, 5.41) is 5.91. The highest BCUT2D eigenvalue weighted by Gasteiger charge is 2.13. The lowest BCUT2D eigenvalue weighted by molar-refractivity contribution is 0.0735. The molecule has 3 rings (SSSR count). The van der Waals surface area contributed by atoms with Crippen molar-refractivity contribution in [1.82, 2.24) is 0 Å². The molecule has 0 fully saturated rings. The summed E-state index contributed by atoms with van der Waals surface area (Å²) in [6, 6.07) is 21.6. The van der Waals surface area contributed by atoms with Gasteiger partial charge in [-0.2, -0.15) is 0 Å². The number of carbonyl (C=O) groups is 2. The molecule has 0 radical (unpaired) electrons. The number of esters is 1. The SMILES string of the molecule is O=C(Nc1ccccc1)Nc1ccccc1OC(=O)c1ccc(Cl)cc1. The number of halogens is 1. The summed E-state index contributed by atoms with van der Waals surface area (Å²) < 4.78 is 5.40. The molecule has 0 aliphatic heterocycles. The van der Waals surface area contributed by atoms with Crippen molar-refractivity contribution in [3.05, 3.63) is 89.4 Å². The van der Waals surface area contributed by atoms with E-state index in [9.17, 15) is 9.59 Å². The monoisotopic (exact) mass is 366 g/mol. The minimum atomic E-state index is -0.542. The molecule has 0 atom stereocenters. The molecular weight excluding hydrogens is 352 g/mol. The molecule has 0 aliphatic carbocycles. The lowest BCUT2D eigenvalue weighted by atomic mass is 10.2. The number of anilines is 2. The number of rotatable bonds is 4. The first-order valence-electron chi connectivity index (χ1n) is 7.81. The van der Waals surface area contributed by atoms with Gasteiger partial charge in [0.2, 0.25) is 0 Å². The van der Waals surface area contributed by atoms with Gasteiger partial charge in [0.15, 0.2) is 5.75 Å². The van der Waals surface area contributed by atoms with E-state index in [4.69, 9.17) is 16.3 Å². The van der Waals surface area contributed by atoms with Gasteiger partial charge in [-0.05, 0) is 48.5 Å². The maximum absolute atomic E-state index is 12.3. The van der Waals surface area contributed by atoms with Gasteiger partial charge in [-0.15, -0.1) is 0 Å². The molecule has 0 bridgehead atoms. The Labute approximate surface area is 155 Å². The van der Waals surface area contributed by atoms with Crippen LogP contribution in [-0.4, -0.2) is 12.0 Å². The van der Waals surface area contributed by atoms with E-state index in [1.807, 2.05) is 18.2 Å². The Morgan fingerprint density at radius 3 is 2.15 bits per heavy atom. The van der Waals surface area contributed by atoms with Gasteiger partial charge in [-0.25, -0.2) is 9.59 Å². The second-order valence-corrected chi connectivity index (χ2v) is 5.77. The van der Waals surface area contributed by atoms with E-state index < -0.39 is 12.0 Å². The first-order chi connectivity index (χ1) is 12.6. The van der Waals surface area contributed by atoms with Crippen LogP contribution in [0.3, 0.4) is 0 Å². The van der Waals surface area contributed by atoms with Crippen LogP contribution in [0.1, 0.15) is 10.4 Å². The Hall–Kier alpha value is -3.31. The Bertz CT molecular complexity index is 912. The van der Waals surface area contributed by atoms with E-state index in [0.717, 1.165) is 0 Å². The summed E-state index contributed by atoms with van der Waals surface area (Å²) in [4.78, 5) is 24.4. The lowest BCUT2D eigenvalue weighted by Crippen LogP contribution is -2.20. The van der Waals surface area contributed by atoms with E-state index in [-0.39, 0.29) is 5.75 Å². The molecule has 0 aliphatic rings. The third kappa shape index (κ3) is 4.62. The maximum Gasteiger partial charge on any atom is 0.343 e. The number of ether oxygens (including phenoxy) is 1. The Morgan fingerprint density at radius 2 is 1.42 bits per heavy atom. The van der Waals surface area contributed by atoms with Crippen molar-refractivity contribution in [2.45, 2.75) is 0 Å². The molecule has 2 N–H and O–H groups in total. The standard InChI is InChI=1S/C20H15ClN2O3/c21-15-12-10-14(11-13-15)19(24)26-18-9-5-4-8-17(18)23-20(25)22-16-6-2-1-3-7-16/h1-13H,(H2,22,23,25). The number of nitrogens with one attached hydrogen (secondary N) is 2. The second kappa shape index (κ2) is 8.18. The molecule has 3 aromatic carbocycles. The Kier molecular flexibility index (Phi) is 5.51. The summed E-state index contributed by atoms with van der Waals surface area (Å²) in [6.07, 6.45) is 0. The van der Waals surface area contributed by atoms with E-state index in [0.29, 0.717) is 22.0 Å². The molecule has 130 valence electrons. The van der Waals surface area contributed by atoms with Crippen LogP contribution in [0.15, 0.2) is 78.9 Å². The zero-order valence-corrected chi connectivity index (χ0v) is 14.4. The van der Waals surface area contributed by atoms with Crippen LogP contribution in [0, 0.1) is 0 Å². The van der Waals surface area contributed by atoms with Gasteiger partial charge >= 0.3 is 12.0 Å². The van der Waals surface area contributed by atoms with Gasteiger partial charge in [-0.1, -0.05) is 41.9 Å². The van der Waals surface area contributed by atoms with Crippen LogP contribution in [0.4, 0.5) is 16.2 Å². The zero-order valence-electron chi connectivity index (χ0n) is 13.6. The van der Waals surface area contributed by atoms with Crippen LogP contribution >= 0.6 is 11.6 Å². The number of para-hydroxylation sites is 3. The Balaban J connectivity index is 1.70.